The van der Waals surface area contributed by atoms with Gasteiger partial charge in [0.1, 0.15) is 5.69 Å². The number of hydroxylamine groups is 2. The smallest absolute Gasteiger partial charge is 0.195 e. The molecule has 0 aliphatic carbocycles. The Hall–Kier alpha value is -1.39. The molecule has 0 fully saturated rings. The molecule has 0 saturated carbocycles. The zero-order valence-electron chi connectivity index (χ0n) is 8.81. The summed E-state index contributed by atoms with van der Waals surface area (Å²) in [6, 6.07) is 5.28. The van der Waals surface area contributed by atoms with E-state index in [1.54, 1.807) is 18.2 Å². The summed E-state index contributed by atoms with van der Waals surface area (Å²) < 4.78 is -0.441. The first kappa shape index (κ1) is 10.1. The van der Waals surface area contributed by atoms with E-state index >= 15 is 0 Å². The molecule has 2 rings (SSSR count). The third-order valence-corrected chi connectivity index (χ3v) is 2.63. The molecule has 2 N–H and O–H groups in total. The Balaban J connectivity index is 2.31. The lowest BCUT2D eigenvalue weighted by Gasteiger charge is -2.34. The molecular formula is C11H15N3O. The van der Waals surface area contributed by atoms with Crippen LogP contribution in [0, 0.1) is 5.21 Å². The van der Waals surface area contributed by atoms with Crippen LogP contribution in [0.1, 0.15) is 19.8 Å². The van der Waals surface area contributed by atoms with Crippen molar-refractivity contribution < 1.29 is 0 Å². The number of nitrogen functional groups attached to an aromatic ring is 1. The first-order valence-electron chi connectivity index (χ1n) is 5.20. The lowest BCUT2D eigenvalue weighted by molar-refractivity contribution is 0.535. The molecule has 0 amide bonds. The van der Waals surface area contributed by atoms with E-state index in [-0.39, 0.29) is 0 Å². The second kappa shape index (κ2) is 3.64. The van der Waals surface area contributed by atoms with Crippen LogP contribution in [0.15, 0.2) is 23.2 Å². The molecule has 1 heterocycles. The number of quaternary nitrogens is 1. The Bertz CT molecular complexity index is 403. The molecule has 1 aromatic carbocycles. The fourth-order valence-electron chi connectivity index (χ4n) is 1.75. The number of unbranched alkanes of at least 4 members (excludes halogenated alkanes) is 1. The Morgan fingerprint density at radius 1 is 1.47 bits per heavy atom. The maximum absolute atomic E-state index is 12.3. The largest absolute Gasteiger partial charge is 0.621 e. The van der Waals surface area contributed by atoms with Crippen molar-refractivity contribution in [1.29, 1.82) is 0 Å². The molecule has 4 nitrogen and oxygen atoms in total. The maximum Gasteiger partial charge on any atom is 0.195 e. The number of anilines is 1. The Kier molecular flexibility index (Phi) is 2.46. The summed E-state index contributed by atoms with van der Waals surface area (Å²) >= 11 is 0. The molecule has 1 atom stereocenters. The van der Waals surface area contributed by atoms with Gasteiger partial charge in [0.15, 0.2) is 12.0 Å². The summed E-state index contributed by atoms with van der Waals surface area (Å²) in [4.78, 5) is 4.12. The lowest BCUT2D eigenvalue weighted by Crippen LogP contribution is -2.40. The molecule has 0 spiro atoms. The number of fused-ring (bicyclic) bond motifs is 1. The van der Waals surface area contributed by atoms with Crippen LogP contribution in [-0.4, -0.2) is 12.9 Å². The number of nitrogens with zero attached hydrogens (tertiary/aromatic N) is 2. The van der Waals surface area contributed by atoms with E-state index in [4.69, 9.17) is 5.73 Å². The van der Waals surface area contributed by atoms with Crippen molar-refractivity contribution in [1.82, 2.24) is 4.65 Å². The van der Waals surface area contributed by atoms with Crippen LogP contribution in [0.3, 0.4) is 0 Å². The van der Waals surface area contributed by atoms with Crippen LogP contribution in [0.2, 0.25) is 0 Å². The van der Waals surface area contributed by atoms with E-state index in [0.29, 0.717) is 23.6 Å². The average Bonchev–Trinajstić information content (AvgIpc) is 2.54. The summed E-state index contributed by atoms with van der Waals surface area (Å²) in [5, 5.41) is 12.3. The summed E-state index contributed by atoms with van der Waals surface area (Å²) in [5.41, 5.74) is 7.70. The van der Waals surface area contributed by atoms with E-state index in [1.807, 2.05) is 0 Å². The van der Waals surface area contributed by atoms with Crippen molar-refractivity contribution >= 4 is 23.4 Å². The lowest BCUT2D eigenvalue weighted by atomic mass is 10.2. The summed E-state index contributed by atoms with van der Waals surface area (Å²) in [6.45, 7) is 2.63. The van der Waals surface area contributed by atoms with Crippen LogP contribution >= 0.6 is 0 Å². The fourth-order valence-corrected chi connectivity index (χ4v) is 1.75. The van der Waals surface area contributed by atoms with Gasteiger partial charge in [0, 0.05) is 11.8 Å². The minimum Gasteiger partial charge on any atom is -0.621 e. The van der Waals surface area contributed by atoms with Crippen LogP contribution in [-0.2, 0) is 0 Å². The van der Waals surface area contributed by atoms with Gasteiger partial charge in [-0.3, -0.25) is 4.65 Å². The van der Waals surface area contributed by atoms with Crippen molar-refractivity contribution in [2.45, 2.75) is 19.8 Å². The Labute approximate surface area is 89.2 Å². The molecule has 1 aliphatic rings. The molecule has 0 saturated heterocycles. The first-order valence-corrected chi connectivity index (χ1v) is 5.20. The topological polar surface area (TPSA) is 61.4 Å². The molecule has 4 heteroatoms. The molecule has 15 heavy (non-hydrogen) atoms. The van der Waals surface area contributed by atoms with E-state index < -0.39 is 4.65 Å². The highest BCUT2D eigenvalue weighted by Crippen LogP contribution is 2.38. The van der Waals surface area contributed by atoms with Crippen LogP contribution in [0.5, 0.6) is 0 Å². The van der Waals surface area contributed by atoms with Crippen molar-refractivity contribution in [2.75, 3.05) is 12.3 Å². The minimum atomic E-state index is -0.441. The quantitative estimate of drug-likeness (QED) is 0.468. The number of aliphatic imine (C=N–C) groups is 1. The van der Waals surface area contributed by atoms with E-state index in [0.717, 1.165) is 12.8 Å². The van der Waals surface area contributed by atoms with Gasteiger partial charge < -0.3 is 10.9 Å². The average molecular weight is 205 g/mol. The molecule has 0 radical (unpaired) electrons. The van der Waals surface area contributed by atoms with Crippen molar-refractivity contribution in [2.24, 2.45) is 4.99 Å². The standard InChI is InChI=1S/C11H15N3O/c1-2-3-6-14(15)8-13-10-7-9(12)4-5-11(10)14/h4-5,7-8H,2-3,6,12H2,1H3. The number of benzene rings is 1. The minimum absolute atomic E-state index is 0.441. The molecule has 0 aromatic heterocycles. The molecular weight excluding hydrogens is 190 g/mol. The summed E-state index contributed by atoms with van der Waals surface area (Å²) in [7, 11) is 0. The van der Waals surface area contributed by atoms with Crippen molar-refractivity contribution in [3.63, 3.8) is 0 Å². The van der Waals surface area contributed by atoms with E-state index in [2.05, 4.69) is 11.9 Å². The van der Waals surface area contributed by atoms with Crippen molar-refractivity contribution in [3.8, 4) is 0 Å². The highest BCUT2D eigenvalue weighted by atomic mass is 16.5. The first-order chi connectivity index (χ1) is 7.15. The Morgan fingerprint density at radius 2 is 2.27 bits per heavy atom. The van der Waals surface area contributed by atoms with Gasteiger partial charge >= 0.3 is 0 Å². The van der Waals surface area contributed by atoms with E-state index in [9.17, 15) is 5.21 Å². The second-order valence-corrected chi connectivity index (χ2v) is 3.87. The highest BCUT2D eigenvalue weighted by molar-refractivity contribution is 5.90. The maximum atomic E-state index is 12.3. The third-order valence-electron chi connectivity index (χ3n) is 2.63. The van der Waals surface area contributed by atoms with E-state index in [1.165, 1.54) is 6.34 Å². The fraction of sp³-hybridized carbons (Fsp3) is 0.364. The van der Waals surface area contributed by atoms with Gasteiger partial charge in [-0.05, 0) is 18.6 Å². The SMILES string of the molecule is CCCC[N+]1([O-])C=Nc2cc(N)ccc21. The van der Waals surface area contributed by atoms with Crippen LogP contribution in [0.4, 0.5) is 17.1 Å². The molecule has 1 unspecified atom stereocenters. The highest BCUT2D eigenvalue weighted by Gasteiger charge is 2.27. The van der Waals surface area contributed by atoms with Gasteiger partial charge in [-0.25, -0.2) is 0 Å². The molecule has 1 aromatic rings. The van der Waals surface area contributed by atoms with Gasteiger partial charge in [0.05, 0.1) is 6.54 Å². The summed E-state index contributed by atoms with van der Waals surface area (Å²) in [6.07, 6.45) is 3.37. The van der Waals surface area contributed by atoms with Crippen LogP contribution in [0.25, 0.3) is 0 Å². The number of hydrogen-bond donors (Lipinski definition) is 1. The van der Waals surface area contributed by atoms with Crippen molar-refractivity contribution in [3.05, 3.63) is 23.4 Å². The normalized spacial score (nSPS) is 23.1. The van der Waals surface area contributed by atoms with Gasteiger partial charge in [0.25, 0.3) is 0 Å². The van der Waals surface area contributed by atoms with Gasteiger partial charge in [-0.2, -0.15) is 4.99 Å². The summed E-state index contributed by atoms with van der Waals surface area (Å²) in [5.74, 6) is 0. The molecule has 0 bridgehead atoms. The van der Waals surface area contributed by atoms with Gasteiger partial charge in [-0.15, -0.1) is 0 Å². The number of hydrogen-bond acceptors (Lipinski definition) is 3. The monoisotopic (exact) mass is 205 g/mol. The third kappa shape index (κ3) is 1.73. The predicted molar refractivity (Wildman–Crippen MR) is 63.9 cm³/mol. The zero-order valence-corrected chi connectivity index (χ0v) is 8.81. The zero-order chi connectivity index (χ0) is 10.9. The Morgan fingerprint density at radius 3 is 3.00 bits per heavy atom. The number of rotatable bonds is 3. The molecule has 80 valence electrons. The second-order valence-electron chi connectivity index (χ2n) is 3.87. The van der Waals surface area contributed by atoms with Gasteiger partial charge in [-0.1, -0.05) is 13.3 Å². The van der Waals surface area contributed by atoms with Gasteiger partial charge in [0.2, 0.25) is 0 Å². The predicted octanol–water partition coefficient (Wildman–Crippen LogP) is 2.55. The molecule has 1 aliphatic heterocycles. The van der Waals surface area contributed by atoms with Crippen LogP contribution < -0.4 is 10.4 Å². The number of nitrogens with two attached hydrogens (primary N) is 1.